The predicted octanol–water partition coefficient (Wildman–Crippen LogP) is 3.45. The Hall–Kier alpha value is -3.13. The monoisotopic (exact) mass is 322 g/mol. The molecule has 0 aromatic heterocycles. The molecule has 1 N–H and O–H groups in total. The van der Waals surface area contributed by atoms with Crippen LogP contribution in [-0.2, 0) is 4.79 Å². The van der Waals surface area contributed by atoms with Gasteiger partial charge in [-0.1, -0.05) is 6.07 Å². The molecule has 1 atom stereocenters. The van der Waals surface area contributed by atoms with Gasteiger partial charge in [0, 0.05) is 18.0 Å². The number of Topliss-reactive ketones (excluding diaryl/α,β-unsaturated/α-hetero) is 1. The zero-order valence-electron chi connectivity index (χ0n) is 13.6. The van der Waals surface area contributed by atoms with Crippen molar-refractivity contribution in [2.75, 3.05) is 0 Å². The van der Waals surface area contributed by atoms with Crippen LogP contribution < -0.4 is 10.1 Å². The molecule has 0 fully saturated rings. The van der Waals surface area contributed by atoms with Crippen molar-refractivity contribution in [2.45, 2.75) is 26.3 Å². The quantitative estimate of drug-likeness (QED) is 0.883. The summed E-state index contributed by atoms with van der Waals surface area (Å²) in [4.78, 5) is 23.3. The van der Waals surface area contributed by atoms with Gasteiger partial charge in [-0.2, -0.15) is 5.26 Å². The number of amides is 1. The van der Waals surface area contributed by atoms with E-state index < -0.39 is 0 Å². The highest BCUT2D eigenvalue weighted by molar-refractivity contribution is 5.95. The molecule has 0 saturated carbocycles. The third kappa shape index (κ3) is 4.96. The minimum absolute atomic E-state index is 0.0284. The zero-order valence-corrected chi connectivity index (χ0v) is 13.6. The van der Waals surface area contributed by atoms with Gasteiger partial charge in [-0.3, -0.25) is 9.59 Å². The van der Waals surface area contributed by atoms with E-state index in [0.717, 1.165) is 0 Å². The van der Waals surface area contributed by atoms with Gasteiger partial charge >= 0.3 is 0 Å². The lowest BCUT2D eigenvalue weighted by Crippen LogP contribution is -2.33. The van der Waals surface area contributed by atoms with Crippen LogP contribution >= 0.6 is 0 Å². The molecule has 0 saturated heterocycles. The predicted molar refractivity (Wildman–Crippen MR) is 89.9 cm³/mol. The molecule has 5 nitrogen and oxygen atoms in total. The van der Waals surface area contributed by atoms with E-state index in [1.165, 1.54) is 6.92 Å². The molecule has 0 heterocycles. The molecule has 2 rings (SSSR count). The number of carbonyl (C=O) groups excluding carboxylic acids is 2. The minimum atomic E-state index is -0.256. The molecular formula is C19H18N2O3. The van der Waals surface area contributed by atoms with Gasteiger partial charge in [-0.05, 0) is 56.3 Å². The number of carbonyl (C=O) groups is 2. The molecular weight excluding hydrogens is 304 g/mol. The van der Waals surface area contributed by atoms with Crippen molar-refractivity contribution in [2.24, 2.45) is 0 Å². The number of nitriles is 1. The molecule has 2 aromatic carbocycles. The summed E-state index contributed by atoms with van der Waals surface area (Å²) in [5.74, 6) is 0.873. The summed E-state index contributed by atoms with van der Waals surface area (Å²) >= 11 is 0. The molecule has 5 heteroatoms. The Morgan fingerprint density at radius 3 is 2.50 bits per heavy atom. The van der Waals surface area contributed by atoms with Crippen molar-refractivity contribution in [1.29, 1.82) is 5.26 Å². The maximum atomic E-state index is 12.2. The molecule has 0 aliphatic rings. The summed E-state index contributed by atoms with van der Waals surface area (Å²) in [5.41, 5.74) is 1.01. The molecule has 24 heavy (non-hydrogen) atoms. The fraction of sp³-hybridized carbons (Fsp3) is 0.211. The van der Waals surface area contributed by atoms with Crippen LogP contribution in [0.15, 0.2) is 48.5 Å². The van der Waals surface area contributed by atoms with E-state index >= 15 is 0 Å². The summed E-state index contributed by atoms with van der Waals surface area (Å²) in [6.07, 6.45) is 0.299. The second-order valence-electron chi connectivity index (χ2n) is 5.55. The number of nitrogens with zero attached hydrogens (tertiary/aromatic N) is 1. The third-order valence-electron chi connectivity index (χ3n) is 3.29. The topological polar surface area (TPSA) is 79.2 Å². The molecule has 0 aliphatic heterocycles. The molecule has 122 valence electrons. The summed E-state index contributed by atoms with van der Waals surface area (Å²) in [5, 5.41) is 11.6. The summed E-state index contributed by atoms with van der Waals surface area (Å²) < 4.78 is 5.69. The Balaban J connectivity index is 2.06. The molecule has 0 radical (unpaired) electrons. The highest BCUT2D eigenvalue weighted by atomic mass is 16.5. The normalized spacial score (nSPS) is 11.2. The smallest absolute Gasteiger partial charge is 0.251 e. The standard InChI is InChI=1S/C19H18N2O3/c1-13(10-14(2)22)21-19(23)16-4-3-5-18(11-16)24-17-8-6-15(12-20)7-9-17/h3-9,11,13H,10H2,1-2H3,(H,21,23). The van der Waals surface area contributed by atoms with Gasteiger partial charge in [0.25, 0.3) is 5.91 Å². The van der Waals surface area contributed by atoms with E-state index in [-0.39, 0.29) is 17.7 Å². The lowest BCUT2D eigenvalue weighted by molar-refractivity contribution is -0.117. The Labute approximate surface area is 140 Å². The number of ether oxygens (including phenoxy) is 1. The second kappa shape index (κ2) is 7.93. The van der Waals surface area contributed by atoms with Crippen LogP contribution in [-0.4, -0.2) is 17.7 Å². The van der Waals surface area contributed by atoms with Crippen LogP contribution in [0.1, 0.15) is 36.2 Å². The third-order valence-corrected chi connectivity index (χ3v) is 3.29. The van der Waals surface area contributed by atoms with E-state index in [0.29, 0.717) is 29.0 Å². The number of benzene rings is 2. The van der Waals surface area contributed by atoms with E-state index in [9.17, 15) is 9.59 Å². The largest absolute Gasteiger partial charge is 0.457 e. The number of ketones is 1. The summed E-state index contributed by atoms with van der Waals surface area (Å²) in [6, 6.07) is 15.3. The van der Waals surface area contributed by atoms with Crippen LogP contribution in [0.5, 0.6) is 11.5 Å². The van der Waals surface area contributed by atoms with Crippen LogP contribution in [0.4, 0.5) is 0 Å². The number of rotatable bonds is 6. The average molecular weight is 322 g/mol. The van der Waals surface area contributed by atoms with Gasteiger partial charge in [0.15, 0.2) is 0 Å². The van der Waals surface area contributed by atoms with Gasteiger partial charge < -0.3 is 10.1 Å². The van der Waals surface area contributed by atoms with Crippen molar-refractivity contribution in [3.8, 4) is 17.6 Å². The molecule has 0 spiro atoms. The van der Waals surface area contributed by atoms with Gasteiger partial charge in [-0.15, -0.1) is 0 Å². The van der Waals surface area contributed by atoms with E-state index in [4.69, 9.17) is 10.00 Å². The van der Waals surface area contributed by atoms with Gasteiger partial charge in [-0.25, -0.2) is 0 Å². The first-order valence-electron chi connectivity index (χ1n) is 7.56. The molecule has 0 aliphatic carbocycles. The number of nitrogens with one attached hydrogen (secondary N) is 1. The molecule has 0 bridgehead atoms. The fourth-order valence-corrected chi connectivity index (χ4v) is 2.22. The van der Waals surface area contributed by atoms with Crippen molar-refractivity contribution in [3.05, 3.63) is 59.7 Å². The highest BCUT2D eigenvalue weighted by Gasteiger charge is 2.12. The van der Waals surface area contributed by atoms with Crippen molar-refractivity contribution in [1.82, 2.24) is 5.32 Å². The maximum absolute atomic E-state index is 12.2. The Bertz CT molecular complexity index is 776. The Morgan fingerprint density at radius 2 is 1.88 bits per heavy atom. The van der Waals surface area contributed by atoms with E-state index in [2.05, 4.69) is 5.32 Å². The first-order chi connectivity index (χ1) is 11.5. The van der Waals surface area contributed by atoms with Crippen LogP contribution in [0.25, 0.3) is 0 Å². The molecule has 1 unspecified atom stereocenters. The van der Waals surface area contributed by atoms with E-state index in [1.807, 2.05) is 6.07 Å². The van der Waals surface area contributed by atoms with Crippen LogP contribution in [0.2, 0.25) is 0 Å². The fourth-order valence-electron chi connectivity index (χ4n) is 2.22. The van der Waals surface area contributed by atoms with E-state index in [1.54, 1.807) is 55.5 Å². The van der Waals surface area contributed by atoms with Gasteiger partial charge in [0.2, 0.25) is 0 Å². The zero-order chi connectivity index (χ0) is 17.5. The Kier molecular flexibility index (Phi) is 5.69. The summed E-state index contributed by atoms with van der Waals surface area (Å²) in [7, 11) is 0. The number of hydrogen-bond donors (Lipinski definition) is 1. The molecule has 2 aromatic rings. The Morgan fingerprint density at radius 1 is 1.17 bits per heavy atom. The first-order valence-corrected chi connectivity index (χ1v) is 7.56. The summed E-state index contributed by atoms with van der Waals surface area (Å²) in [6.45, 7) is 3.28. The lowest BCUT2D eigenvalue weighted by Gasteiger charge is -2.13. The van der Waals surface area contributed by atoms with Crippen molar-refractivity contribution < 1.29 is 14.3 Å². The first kappa shape index (κ1) is 17.2. The average Bonchev–Trinajstić information content (AvgIpc) is 2.55. The highest BCUT2D eigenvalue weighted by Crippen LogP contribution is 2.22. The van der Waals surface area contributed by atoms with Gasteiger partial charge in [0.05, 0.1) is 11.6 Å². The van der Waals surface area contributed by atoms with Crippen molar-refractivity contribution in [3.63, 3.8) is 0 Å². The number of hydrogen-bond acceptors (Lipinski definition) is 4. The maximum Gasteiger partial charge on any atom is 0.251 e. The van der Waals surface area contributed by atoms with Gasteiger partial charge in [0.1, 0.15) is 17.3 Å². The van der Waals surface area contributed by atoms with Crippen LogP contribution in [0, 0.1) is 11.3 Å². The second-order valence-corrected chi connectivity index (χ2v) is 5.55. The molecule has 1 amide bonds. The van der Waals surface area contributed by atoms with Crippen molar-refractivity contribution >= 4 is 11.7 Å². The minimum Gasteiger partial charge on any atom is -0.457 e. The SMILES string of the molecule is CC(=O)CC(C)NC(=O)c1cccc(Oc2ccc(C#N)cc2)c1. The van der Waals surface area contributed by atoms with Crippen LogP contribution in [0.3, 0.4) is 0 Å². The lowest BCUT2D eigenvalue weighted by atomic mass is 10.1.